The summed E-state index contributed by atoms with van der Waals surface area (Å²) in [6, 6.07) is 1.80. The fourth-order valence-corrected chi connectivity index (χ4v) is 4.22. The summed E-state index contributed by atoms with van der Waals surface area (Å²) < 4.78 is 31.7. The lowest BCUT2D eigenvalue weighted by molar-refractivity contribution is -0.145. The largest absolute Gasteiger partial charge is 0.469 e. The van der Waals surface area contributed by atoms with Crippen molar-refractivity contribution < 1.29 is 17.9 Å². The first-order chi connectivity index (χ1) is 9.04. The predicted octanol–water partition coefficient (Wildman–Crippen LogP) is 0.776. The van der Waals surface area contributed by atoms with E-state index < -0.39 is 27.2 Å². The number of rotatable bonds is 5. The summed E-state index contributed by atoms with van der Waals surface area (Å²) in [4.78, 5) is 14.4. The summed E-state index contributed by atoms with van der Waals surface area (Å²) in [6.07, 6.45) is 5.27. The van der Waals surface area contributed by atoms with Crippen molar-refractivity contribution in [2.45, 2.75) is 31.1 Å². The monoisotopic (exact) mass is 286 g/mol. The molecular weight excluding hydrogens is 268 g/mol. The standard InChI is InChI=1S/C12H18N2O4S/c1-18-12(15)10-3-2-4-11(10)19(16,17)14-8-9-5-6-13-7-9/h5-7,10-11,13-14H,2-4,8H2,1H3. The fraction of sp³-hybridized carbons (Fsp3) is 0.583. The third-order valence-electron chi connectivity index (χ3n) is 3.49. The third kappa shape index (κ3) is 3.16. The van der Waals surface area contributed by atoms with Gasteiger partial charge in [0, 0.05) is 18.9 Å². The van der Waals surface area contributed by atoms with Crippen molar-refractivity contribution in [1.82, 2.24) is 9.71 Å². The number of aromatic amines is 1. The van der Waals surface area contributed by atoms with Crippen molar-refractivity contribution in [2.75, 3.05) is 7.11 Å². The molecule has 106 valence electrons. The molecule has 0 saturated heterocycles. The molecule has 1 saturated carbocycles. The van der Waals surface area contributed by atoms with Gasteiger partial charge in [-0.2, -0.15) is 0 Å². The Hall–Kier alpha value is -1.34. The predicted molar refractivity (Wildman–Crippen MR) is 69.7 cm³/mol. The Balaban J connectivity index is 2.04. The summed E-state index contributed by atoms with van der Waals surface area (Å²) in [7, 11) is -2.22. The molecule has 1 aliphatic carbocycles. The van der Waals surface area contributed by atoms with Crippen LogP contribution in [0, 0.1) is 5.92 Å². The molecule has 0 bridgehead atoms. The average Bonchev–Trinajstić information content (AvgIpc) is 3.06. The molecule has 1 fully saturated rings. The van der Waals surface area contributed by atoms with Gasteiger partial charge >= 0.3 is 5.97 Å². The van der Waals surface area contributed by atoms with Gasteiger partial charge in [0.05, 0.1) is 18.3 Å². The van der Waals surface area contributed by atoms with Crippen molar-refractivity contribution in [2.24, 2.45) is 5.92 Å². The highest BCUT2D eigenvalue weighted by Gasteiger charge is 2.41. The minimum atomic E-state index is -3.51. The smallest absolute Gasteiger partial charge is 0.310 e. The number of hydrogen-bond donors (Lipinski definition) is 2. The second kappa shape index (κ2) is 5.75. The minimum absolute atomic E-state index is 0.232. The molecule has 2 atom stereocenters. The van der Waals surface area contributed by atoms with Gasteiger partial charge in [-0.3, -0.25) is 4.79 Å². The van der Waals surface area contributed by atoms with Crippen LogP contribution < -0.4 is 4.72 Å². The van der Waals surface area contributed by atoms with Crippen LogP contribution >= 0.6 is 0 Å². The number of ether oxygens (including phenoxy) is 1. The molecule has 1 aromatic heterocycles. The van der Waals surface area contributed by atoms with Crippen molar-refractivity contribution in [3.8, 4) is 0 Å². The van der Waals surface area contributed by atoms with Crippen molar-refractivity contribution in [1.29, 1.82) is 0 Å². The van der Waals surface area contributed by atoms with Gasteiger partial charge in [0.15, 0.2) is 0 Å². The van der Waals surface area contributed by atoms with E-state index in [1.807, 2.05) is 0 Å². The van der Waals surface area contributed by atoms with E-state index in [9.17, 15) is 13.2 Å². The number of methoxy groups -OCH3 is 1. The Morgan fingerprint density at radius 2 is 2.32 bits per heavy atom. The second-order valence-corrected chi connectivity index (χ2v) is 6.67. The van der Waals surface area contributed by atoms with Crippen LogP contribution in [0.15, 0.2) is 18.5 Å². The first-order valence-electron chi connectivity index (χ1n) is 6.22. The van der Waals surface area contributed by atoms with Gasteiger partial charge in [0.2, 0.25) is 10.0 Å². The van der Waals surface area contributed by atoms with E-state index in [0.717, 1.165) is 12.0 Å². The van der Waals surface area contributed by atoms with Gasteiger partial charge in [0.25, 0.3) is 0 Å². The third-order valence-corrected chi connectivity index (χ3v) is 5.40. The topological polar surface area (TPSA) is 88.3 Å². The van der Waals surface area contributed by atoms with Gasteiger partial charge in [-0.1, -0.05) is 6.42 Å². The molecule has 19 heavy (non-hydrogen) atoms. The maximum absolute atomic E-state index is 12.2. The van der Waals surface area contributed by atoms with E-state index >= 15 is 0 Å². The molecule has 2 unspecified atom stereocenters. The molecule has 0 aliphatic heterocycles. The molecule has 6 nitrogen and oxygen atoms in total. The van der Waals surface area contributed by atoms with Crippen molar-refractivity contribution >= 4 is 16.0 Å². The summed E-state index contributed by atoms with van der Waals surface area (Å²) in [5, 5.41) is -0.682. The number of carbonyl (C=O) groups is 1. The molecular formula is C12H18N2O4S. The second-order valence-electron chi connectivity index (χ2n) is 4.68. The number of nitrogens with one attached hydrogen (secondary N) is 2. The highest BCUT2D eigenvalue weighted by molar-refractivity contribution is 7.90. The van der Waals surface area contributed by atoms with Crippen LogP contribution in [0.5, 0.6) is 0 Å². The number of aromatic nitrogens is 1. The number of hydrogen-bond acceptors (Lipinski definition) is 4. The molecule has 1 aliphatic rings. The van der Waals surface area contributed by atoms with Crippen LogP contribution in [0.1, 0.15) is 24.8 Å². The first kappa shape index (κ1) is 14.1. The van der Waals surface area contributed by atoms with Crippen LogP contribution in [0.2, 0.25) is 0 Å². The van der Waals surface area contributed by atoms with Crippen molar-refractivity contribution in [3.05, 3.63) is 24.0 Å². The van der Waals surface area contributed by atoms with Crippen LogP contribution in [0.25, 0.3) is 0 Å². The van der Waals surface area contributed by atoms with E-state index in [0.29, 0.717) is 12.8 Å². The number of H-pyrrole nitrogens is 1. The highest BCUT2D eigenvalue weighted by Crippen LogP contribution is 2.31. The molecule has 0 radical (unpaired) electrons. The van der Waals surface area contributed by atoms with Gasteiger partial charge in [-0.05, 0) is 24.5 Å². The molecule has 7 heteroatoms. The Morgan fingerprint density at radius 1 is 1.53 bits per heavy atom. The van der Waals surface area contributed by atoms with Gasteiger partial charge in [-0.15, -0.1) is 0 Å². The summed E-state index contributed by atoms with van der Waals surface area (Å²) in [6.45, 7) is 0.232. The molecule has 1 heterocycles. The lowest BCUT2D eigenvalue weighted by atomic mass is 10.1. The molecule has 0 aromatic carbocycles. The maximum Gasteiger partial charge on any atom is 0.310 e. The highest BCUT2D eigenvalue weighted by atomic mass is 32.2. The quantitative estimate of drug-likeness (QED) is 0.783. The molecule has 0 amide bonds. The average molecular weight is 286 g/mol. The number of sulfonamides is 1. The first-order valence-corrected chi connectivity index (χ1v) is 7.77. The van der Waals surface area contributed by atoms with E-state index in [2.05, 4.69) is 14.4 Å². The normalized spacial score (nSPS) is 23.4. The zero-order valence-corrected chi connectivity index (χ0v) is 11.6. The molecule has 2 rings (SSSR count). The van der Waals surface area contributed by atoms with Crippen LogP contribution in [0.3, 0.4) is 0 Å². The maximum atomic E-state index is 12.2. The molecule has 0 spiro atoms. The molecule has 2 N–H and O–H groups in total. The Kier molecular flexibility index (Phi) is 4.26. The lowest BCUT2D eigenvalue weighted by Gasteiger charge is -2.18. The van der Waals surface area contributed by atoms with Crippen molar-refractivity contribution in [3.63, 3.8) is 0 Å². The summed E-state index contributed by atoms with van der Waals surface area (Å²) >= 11 is 0. The lowest BCUT2D eigenvalue weighted by Crippen LogP contribution is -2.39. The number of esters is 1. The van der Waals surface area contributed by atoms with Gasteiger partial charge in [0.1, 0.15) is 0 Å². The van der Waals surface area contributed by atoms with Crippen LogP contribution in [-0.4, -0.2) is 31.7 Å². The SMILES string of the molecule is COC(=O)C1CCCC1S(=O)(=O)NCc1cc[nH]c1. The van der Waals surface area contributed by atoms with E-state index in [1.54, 1.807) is 18.5 Å². The summed E-state index contributed by atoms with van der Waals surface area (Å²) in [5.41, 5.74) is 0.858. The Morgan fingerprint density at radius 3 is 2.95 bits per heavy atom. The van der Waals surface area contributed by atoms with E-state index in [4.69, 9.17) is 0 Å². The van der Waals surface area contributed by atoms with Gasteiger partial charge < -0.3 is 9.72 Å². The van der Waals surface area contributed by atoms with Crippen LogP contribution in [-0.2, 0) is 26.1 Å². The van der Waals surface area contributed by atoms with E-state index in [-0.39, 0.29) is 6.54 Å². The van der Waals surface area contributed by atoms with Crippen LogP contribution in [0.4, 0.5) is 0 Å². The minimum Gasteiger partial charge on any atom is -0.469 e. The fourth-order valence-electron chi connectivity index (χ4n) is 2.48. The summed E-state index contributed by atoms with van der Waals surface area (Å²) in [5.74, 6) is -0.983. The zero-order chi connectivity index (χ0) is 13.9. The number of carbonyl (C=O) groups excluding carboxylic acids is 1. The van der Waals surface area contributed by atoms with E-state index in [1.165, 1.54) is 7.11 Å². The van der Waals surface area contributed by atoms with Gasteiger partial charge in [-0.25, -0.2) is 13.1 Å². The zero-order valence-electron chi connectivity index (χ0n) is 10.8. The molecule has 1 aromatic rings. The Bertz CT molecular complexity index is 524. The Labute approximate surface area is 112 Å².